The van der Waals surface area contributed by atoms with Gasteiger partial charge in [0, 0.05) is 18.2 Å². The second-order valence-corrected chi connectivity index (χ2v) is 10.2. The Labute approximate surface area is 186 Å². The van der Waals surface area contributed by atoms with Crippen LogP contribution in [-0.4, -0.2) is 37.3 Å². The number of benzene rings is 2. The van der Waals surface area contributed by atoms with Crippen LogP contribution in [0.2, 0.25) is 0 Å². The number of aliphatic hydroxyl groups excluding tert-OH is 1. The van der Waals surface area contributed by atoms with E-state index in [1.54, 1.807) is 6.20 Å². The van der Waals surface area contributed by atoms with Crippen LogP contribution in [0.3, 0.4) is 0 Å². The highest BCUT2D eigenvalue weighted by atomic mass is 32.2. The fourth-order valence-corrected chi connectivity index (χ4v) is 5.15. The van der Waals surface area contributed by atoms with Crippen molar-refractivity contribution in [3.05, 3.63) is 60.3 Å². The third kappa shape index (κ3) is 3.73. The molecule has 1 aliphatic rings. The molecule has 0 radical (unpaired) electrons. The van der Waals surface area contributed by atoms with E-state index in [0.29, 0.717) is 18.2 Å². The van der Waals surface area contributed by atoms with E-state index in [2.05, 4.69) is 52.0 Å². The predicted octanol–water partition coefficient (Wildman–Crippen LogP) is 5.68. The van der Waals surface area contributed by atoms with Gasteiger partial charge >= 0.3 is 0 Å². The molecule has 4 aromatic rings. The van der Waals surface area contributed by atoms with E-state index >= 15 is 0 Å². The fourth-order valence-electron chi connectivity index (χ4n) is 4.09. The maximum absolute atomic E-state index is 10.6. The highest BCUT2D eigenvalue weighted by Crippen LogP contribution is 2.45. The molecule has 0 amide bonds. The van der Waals surface area contributed by atoms with Gasteiger partial charge in [-0.15, -0.1) is 0 Å². The second-order valence-electron chi connectivity index (χ2n) is 8.58. The van der Waals surface area contributed by atoms with Crippen molar-refractivity contribution in [2.75, 3.05) is 6.61 Å². The zero-order valence-corrected chi connectivity index (χ0v) is 18.9. The summed E-state index contributed by atoms with van der Waals surface area (Å²) in [5, 5.41) is 13.9. The largest absolute Gasteiger partial charge is 0.367 e. The van der Waals surface area contributed by atoms with Crippen LogP contribution in [0.15, 0.2) is 59.9 Å². The number of imidazole rings is 1. The summed E-state index contributed by atoms with van der Waals surface area (Å²) >= 11 is 1.51. The highest BCUT2D eigenvalue weighted by Gasteiger charge is 2.33. The topological polar surface area (TPSA) is 60.2 Å². The summed E-state index contributed by atoms with van der Waals surface area (Å²) in [4.78, 5) is 9.34. The normalized spacial score (nSPS) is 15.6. The maximum atomic E-state index is 10.6. The van der Waals surface area contributed by atoms with E-state index in [1.807, 2.05) is 26.8 Å². The van der Waals surface area contributed by atoms with Crippen molar-refractivity contribution in [1.82, 2.24) is 14.5 Å². The minimum absolute atomic E-state index is 0.455. The van der Waals surface area contributed by atoms with Crippen molar-refractivity contribution in [3.8, 4) is 5.69 Å². The summed E-state index contributed by atoms with van der Waals surface area (Å²) in [5.41, 5.74) is 4.17. The Morgan fingerprint density at radius 2 is 1.90 bits per heavy atom. The van der Waals surface area contributed by atoms with E-state index in [-0.39, 0.29) is 0 Å². The van der Waals surface area contributed by atoms with E-state index in [9.17, 15) is 5.11 Å². The lowest BCUT2D eigenvalue weighted by Crippen LogP contribution is -2.35. The highest BCUT2D eigenvalue weighted by molar-refractivity contribution is 8.00. The van der Waals surface area contributed by atoms with Gasteiger partial charge in [0.1, 0.15) is 0 Å². The third-order valence-electron chi connectivity index (χ3n) is 5.87. The Morgan fingerprint density at radius 3 is 2.65 bits per heavy atom. The van der Waals surface area contributed by atoms with Gasteiger partial charge in [-0.1, -0.05) is 42.1 Å². The first-order valence-electron chi connectivity index (χ1n) is 10.8. The number of fused-ring (bicyclic) bond motifs is 2. The number of pyridine rings is 1. The smallest absolute Gasteiger partial charge is 0.179 e. The van der Waals surface area contributed by atoms with Crippen molar-refractivity contribution in [3.63, 3.8) is 0 Å². The minimum Gasteiger partial charge on any atom is -0.367 e. The van der Waals surface area contributed by atoms with Gasteiger partial charge in [0.25, 0.3) is 0 Å². The molecule has 2 heterocycles. The molecule has 1 unspecified atom stereocenters. The SMILES string of the molecule is CCOC(O)C(C)(C)Sc1nc2ncccc2n1-c1ccc(C2CC2)c2ccccc12. The molecule has 1 fully saturated rings. The molecule has 5 nitrogen and oxygen atoms in total. The summed E-state index contributed by atoms with van der Waals surface area (Å²) < 4.78 is 7.09. The molecule has 1 N–H and O–H groups in total. The molecule has 0 saturated heterocycles. The molecular formula is C25H27N3O2S. The van der Waals surface area contributed by atoms with Crippen LogP contribution in [-0.2, 0) is 4.74 Å². The Morgan fingerprint density at radius 1 is 1.13 bits per heavy atom. The number of nitrogens with zero attached hydrogens (tertiary/aromatic N) is 3. The van der Waals surface area contributed by atoms with Gasteiger partial charge in [-0.05, 0) is 68.7 Å². The quantitative estimate of drug-likeness (QED) is 0.300. The molecule has 160 valence electrons. The summed E-state index contributed by atoms with van der Waals surface area (Å²) in [6, 6.07) is 17.1. The van der Waals surface area contributed by atoms with Crippen LogP contribution >= 0.6 is 11.8 Å². The minimum atomic E-state index is -0.905. The molecule has 2 aromatic heterocycles. The van der Waals surface area contributed by atoms with Crippen LogP contribution in [0, 0.1) is 0 Å². The average molecular weight is 434 g/mol. The first kappa shape index (κ1) is 20.5. The molecule has 0 bridgehead atoms. The molecule has 6 heteroatoms. The first-order valence-corrected chi connectivity index (χ1v) is 11.7. The van der Waals surface area contributed by atoms with Gasteiger partial charge in [-0.25, -0.2) is 9.97 Å². The fraction of sp³-hybridized carbons (Fsp3) is 0.360. The van der Waals surface area contributed by atoms with E-state index in [1.165, 1.54) is 40.9 Å². The van der Waals surface area contributed by atoms with Crippen LogP contribution in [0.5, 0.6) is 0 Å². The van der Waals surface area contributed by atoms with Crippen molar-refractivity contribution >= 4 is 33.7 Å². The standard InChI is InChI=1S/C25H27N3O2S/c1-4-30-23(29)25(2,3)31-24-27-22-21(10-7-15-26-22)28(24)20-14-13-17(16-11-12-16)18-8-5-6-9-19(18)20/h5-10,13-16,23,29H,4,11-12H2,1-3H3. The van der Waals surface area contributed by atoms with Crippen LogP contribution in [0.25, 0.3) is 27.6 Å². The number of ether oxygens (including phenoxy) is 1. The van der Waals surface area contributed by atoms with Crippen molar-refractivity contribution < 1.29 is 9.84 Å². The summed E-state index contributed by atoms with van der Waals surface area (Å²) in [7, 11) is 0. The molecule has 1 aliphatic carbocycles. The van der Waals surface area contributed by atoms with Gasteiger partial charge in [0.2, 0.25) is 0 Å². The molecule has 31 heavy (non-hydrogen) atoms. The predicted molar refractivity (Wildman–Crippen MR) is 126 cm³/mol. The zero-order chi connectivity index (χ0) is 21.6. The van der Waals surface area contributed by atoms with E-state index in [4.69, 9.17) is 9.72 Å². The summed E-state index contributed by atoms with van der Waals surface area (Å²) in [5.74, 6) is 0.675. The van der Waals surface area contributed by atoms with Crippen LogP contribution in [0.1, 0.15) is 45.1 Å². The van der Waals surface area contributed by atoms with Crippen LogP contribution < -0.4 is 0 Å². The number of hydrogen-bond acceptors (Lipinski definition) is 5. The van der Waals surface area contributed by atoms with Gasteiger partial charge < -0.3 is 9.84 Å². The Kier molecular flexibility index (Phi) is 5.24. The monoisotopic (exact) mass is 433 g/mol. The van der Waals surface area contributed by atoms with Crippen LogP contribution in [0.4, 0.5) is 0 Å². The number of thioether (sulfide) groups is 1. The lowest BCUT2D eigenvalue weighted by Gasteiger charge is -2.29. The third-order valence-corrected chi connectivity index (χ3v) is 7.05. The second kappa shape index (κ2) is 7.93. The number of rotatable bonds is 7. The summed E-state index contributed by atoms with van der Waals surface area (Å²) in [6.07, 6.45) is 3.40. The average Bonchev–Trinajstić information content (AvgIpc) is 3.54. The molecule has 0 spiro atoms. The lowest BCUT2D eigenvalue weighted by atomic mass is 9.99. The Bertz CT molecular complexity index is 1250. The number of aliphatic hydroxyl groups is 1. The number of aromatic nitrogens is 3. The molecular weight excluding hydrogens is 406 g/mol. The van der Waals surface area contributed by atoms with Gasteiger partial charge in [0.15, 0.2) is 17.1 Å². The molecule has 1 saturated carbocycles. The zero-order valence-electron chi connectivity index (χ0n) is 18.1. The van der Waals surface area contributed by atoms with Gasteiger partial charge in [0.05, 0.1) is 16.0 Å². The van der Waals surface area contributed by atoms with E-state index in [0.717, 1.165) is 16.4 Å². The molecule has 1 atom stereocenters. The van der Waals surface area contributed by atoms with Crippen molar-refractivity contribution in [2.24, 2.45) is 0 Å². The lowest BCUT2D eigenvalue weighted by molar-refractivity contribution is -0.111. The van der Waals surface area contributed by atoms with Gasteiger partial charge in [-0.3, -0.25) is 4.57 Å². The summed E-state index contributed by atoms with van der Waals surface area (Å²) in [6.45, 7) is 6.29. The van der Waals surface area contributed by atoms with Crippen molar-refractivity contribution in [1.29, 1.82) is 0 Å². The molecule has 0 aliphatic heterocycles. The Hall–Kier alpha value is -2.41. The van der Waals surface area contributed by atoms with E-state index < -0.39 is 11.0 Å². The maximum Gasteiger partial charge on any atom is 0.179 e. The molecule has 2 aromatic carbocycles. The number of hydrogen-bond donors (Lipinski definition) is 1. The molecule has 5 rings (SSSR count). The first-order chi connectivity index (χ1) is 15.0. The Balaban J connectivity index is 1.70. The van der Waals surface area contributed by atoms with Crippen molar-refractivity contribution in [2.45, 2.75) is 55.7 Å². The van der Waals surface area contributed by atoms with Gasteiger partial charge in [-0.2, -0.15) is 0 Å².